The fraction of sp³-hybridized carbons (Fsp3) is 0.476. The number of halogens is 1. The summed E-state index contributed by atoms with van der Waals surface area (Å²) in [7, 11) is 1.63. The molecular weight excluding hydrogens is 360 g/mol. The lowest BCUT2D eigenvalue weighted by atomic mass is 10.1. The van der Waals surface area contributed by atoms with Crippen LogP contribution in [0.3, 0.4) is 0 Å². The highest BCUT2D eigenvalue weighted by atomic mass is 35.5. The fourth-order valence-electron chi connectivity index (χ4n) is 3.67. The van der Waals surface area contributed by atoms with Crippen LogP contribution in [0.15, 0.2) is 24.5 Å². The minimum Gasteiger partial charge on any atom is -0.497 e. The molecule has 144 valence electrons. The van der Waals surface area contributed by atoms with E-state index in [2.05, 4.69) is 35.3 Å². The van der Waals surface area contributed by atoms with Crippen molar-refractivity contribution in [2.24, 2.45) is 0 Å². The van der Waals surface area contributed by atoms with Crippen molar-refractivity contribution in [1.82, 2.24) is 19.5 Å². The molecule has 27 heavy (non-hydrogen) atoms. The number of nitrogens with zero attached hydrogens (tertiary/aromatic N) is 4. The summed E-state index contributed by atoms with van der Waals surface area (Å²) >= 11 is 6.51. The number of imidazole rings is 1. The van der Waals surface area contributed by atoms with Gasteiger partial charge in [-0.2, -0.15) is 0 Å². The third-order valence-electron chi connectivity index (χ3n) is 4.91. The second-order valence-corrected chi connectivity index (χ2v) is 7.13. The summed E-state index contributed by atoms with van der Waals surface area (Å²) in [6.45, 7) is 6.59. The molecule has 1 aromatic carbocycles. The average Bonchev–Trinajstić information content (AvgIpc) is 3.06. The van der Waals surface area contributed by atoms with Crippen LogP contribution in [0, 0.1) is 0 Å². The van der Waals surface area contributed by atoms with E-state index in [1.54, 1.807) is 19.5 Å². The maximum Gasteiger partial charge on any atom is 0.164 e. The summed E-state index contributed by atoms with van der Waals surface area (Å²) < 4.78 is 7.59. The quantitative estimate of drug-likeness (QED) is 0.486. The molecule has 5 nitrogen and oxygen atoms in total. The predicted octanol–water partition coefficient (Wildman–Crippen LogP) is 5.86. The Labute approximate surface area is 165 Å². The van der Waals surface area contributed by atoms with Gasteiger partial charge in [0, 0.05) is 18.0 Å². The second-order valence-electron chi connectivity index (χ2n) is 6.72. The number of rotatable bonds is 8. The zero-order valence-corrected chi connectivity index (χ0v) is 17.3. The molecule has 2 heterocycles. The smallest absolute Gasteiger partial charge is 0.164 e. The van der Waals surface area contributed by atoms with Gasteiger partial charge in [-0.25, -0.2) is 15.0 Å². The maximum atomic E-state index is 6.51. The highest BCUT2D eigenvalue weighted by Gasteiger charge is 2.22. The first-order chi connectivity index (χ1) is 13.1. The SMILES string of the molecule is CCCC(CCC)n1c(CC)nc2c(-c3ccc(OC)cc3Cl)ncnc21. The van der Waals surface area contributed by atoms with Crippen LogP contribution in [0.25, 0.3) is 22.4 Å². The van der Waals surface area contributed by atoms with E-state index in [-0.39, 0.29) is 0 Å². The van der Waals surface area contributed by atoms with Crippen LogP contribution >= 0.6 is 11.6 Å². The van der Waals surface area contributed by atoms with Crippen molar-refractivity contribution < 1.29 is 4.74 Å². The zero-order chi connectivity index (χ0) is 19.4. The van der Waals surface area contributed by atoms with E-state index in [0.29, 0.717) is 11.1 Å². The number of methoxy groups -OCH3 is 1. The normalized spacial score (nSPS) is 11.5. The predicted molar refractivity (Wildman–Crippen MR) is 111 cm³/mol. The van der Waals surface area contributed by atoms with Crippen molar-refractivity contribution in [2.75, 3.05) is 7.11 Å². The Kier molecular flexibility index (Phi) is 6.32. The Morgan fingerprint density at radius 1 is 1.11 bits per heavy atom. The molecule has 0 radical (unpaired) electrons. The van der Waals surface area contributed by atoms with E-state index in [9.17, 15) is 0 Å². The van der Waals surface area contributed by atoms with Gasteiger partial charge in [0.05, 0.1) is 12.1 Å². The van der Waals surface area contributed by atoms with Gasteiger partial charge in [-0.1, -0.05) is 45.2 Å². The molecule has 0 unspecified atom stereocenters. The van der Waals surface area contributed by atoms with Gasteiger partial charge in [-0.3, -0.25) is 0 Å². The van der Waals surface area contributed by atoms with Crippen molar-refractivity contribution in [3.63, 3.8) is 0 Å². The third-order valence-corrected chi connectivity index (χ3v) is 5.22. The summed E-state index contributed by atoms with van der Waals surface area (Å²) in [6.07, 6.45) is 6.98. The van der Waals surface area contributed by atoms with Gasteiger partial charge in [0.15, 0.2) is 5.65 Å². The first kappa shape index (κ1) is 19.6. The van der Waals surface area contributed by atoms with Crippen LogP contribution in [0.5, 0.6) is 5.75 Å². The first-order valence-corrected chi connectivity index (χ1v) is 10.1. The van der Waals surface area contributed by atoms with Crippen LogP contribution in [0.4, 0.5) is 0 Å². The van der Waals surface area contributed by atoms with Gasteiger partial charge in [-0.15, -0.1) is 0 Å². The molecule has 3 rings (SSSR count). The zero-order valence-electron chi connectivity index (χ0n) is 16.5. The Bertz CT molecular complexity index is 916. The van der Waals surface area contributed by atoms with Crippen LogP contribution in [0.2, 0.25) is 5.02 Å². The molecule has 0 N–H and O–H groups in total. The molecule has 0 bridgehead atoms. The van der Waals surface area contributed by atoms with Crippen molar-refractivity contribution in [1.29, 1.82) is 0 Å². The molecule has 2 aromatic heterocycles. The number of hydrogen-bond acceptors (Lipinski definition) is 4. The monoisotopic (exact) mass is 386 g/mol. The molecule has 0 aliphatic rings. The van der Waals surface area contributed by atoms with E-state index < -0.39 is 0 Å². The lowest BCUT2D eigenvalue weighted by Gasteiger charge is -2.20. The largest absolute Gasteiger partial charge is 0.497 e. The van der Waals surface area contributed by atoms with Gasteiger partial charge < -0.3 is 9.30 Å². The van der Waals surface area contributed by atoms with Gasteiger partial charge in [0.25, 0.3) is 0 Å². The highest BCUT2D eigenvalue weighted by molar-refractivity contribution is 6.33. The third kappa shape index (κ3) is 3.79. The van der Waals surface area contributed by atoms with Gasteiger partial charge in [0.1, 0.15) is 29.1 Å². The molecule has 3 aromatic rings. The number of hydrogen-bond donors (Lipinski definition) is 0. The Hall–Kier alpha value is -2.14. The number of ether oxygens (including phenoxy) is 1. The van der Waals surface area contributed by atoms with E-state index in [4.69, 9.17) is 21.3 Å². The Balaban J connectivity index is 2.20. The lowest BCUT2D eigenvalue weighted by Crippen LogP contribution is -2.12. The van der Waals surface area contributed by atoms with Crippen molar-refractivity contribution in [3.05, 3.63) is 35.4 Å². The molecule has 0 atom stereocenters. The van der Waals surface area contributed by atoms with Crippen molar-refractivity contribution >= 4 is 22.8 Å². The first-order valence-electron chi connectivity index (χ1n) is 9.70. The Morgan fingerprint density at radius 3 is 2.44 bits per heavy atom. The van der Waals surface area contributed by atoms with Crippen LogP contribution < -0.4 is 4.74 Å². The molecule has 0 amide bonds. The summed E-state index contributed by atoms with van der Waals surface area (Å²) in [5.41, 5.74) is 3.34. The molecule has 0 saturated carbocycles. The molecule has 0 fully saturated rings. The average molecular weight is 387 g/mol. The minimum absolute atomic E-state index is 0.411. The van der Waals surface area contributed by atoms with E-state index >= 15 is 0 Å². The van der Waals surface area contributed by atoms with Crippen LogP contribution in [-0.2, 0) is 6.42 Å². The molecule has 0 aliphatic carbocycles. The standard InChI is InChI=1S/C21H27ClN4O/c1-5-8-14(9-6-2)26-18(7-3)25-20-19(23-13-24-21(20)26)16-11-10-15(27-4)12-17(16)22/h10-14H,5-9H2,1-4H3. The molecule has 0 saturated heterocycles. The number of fused-ring (bicyclic) bond motifs is 1. The molecular formula is C21H27ClN4O. The van der Waals surface area contributed by atoms with Crippen molar-refractivity contribution in [2.45, 2.75) is 58.9 Å². The number of benzene rings is 1. The summed E-state index contributed by atoms with van der Waals surface area (Å²) in [5, 5.41) is 0.598. The van der Waals surface area contributed by atoms with Gasteiger partial charge in [0.2, 0.25) is 0 Å². The van der Waals surface area contributed by atoms with E-state index in [1.165, 1.54) is 0 Å². The molecule has 0 aliphatic heterocycles. The minimum atomic E-state index is 0.411. The van der Waals surface area contributed by atoms with Crippen LogP contribution in [-0.4, -0.2) is 26.6 Å². The summed E-state index contributed by atoms with van der Waals surface area (Å²) in [6, 6.07) is 6.04. The topological polar surface area (TPSA) is 52.8 Å². The van der Waals surface area contributed by atoms with Gasteiger partial charge >= 0.3 is 0 Å². The summed E-state index contributed by atoms with van der Waals surface area (Å²) in [4.78, 5) is 14.1. The number of aryl methyl sites for hydroxylation is 1. The fourth-order valence-corrected chi connectivity index (χ4v) is 3.93. The lowest BCUT2D eigenvalue weighted by molar-refractivity contribution is 0.415. The number of aromatic nitrogens is 4. The van der Waals surface area contributed by atoms with Crippen molar-refractivity contribution in [3.8, 4) is 17.0 Å². The summed E-state index contributed by atoms with van der Waals surface area (Å²) in [5.74, 6) is 1.78. The van der Waals surface area contributed by atoms with Gasteiger partial charge in [-0.05, 0) is 31.0 Å². The molecule has 6 heteroatoms. The van der Waals surface area contributed by atoms with E-state index in [0.717, 1.165) is 66.1 Å². The van der Waals surface area contributed by atoms with Crippen LogP contribution in [0.1, 0.15) is 58.3 Å². The highest BCUT2D eigenvalue weighted by Crippen LogP contribution is 2.35. The van der Waals surface area contributed by atoms with E-state index in [1.807, 2.05) is 12.1 Å². The Morgan fingerprint density at radius 2 is 1.85 bits per heavy atom. The molecule has 0 spiro atoms. The maximum absolute atomic E-state index is 6.51. The second kappa shape index (κ2) is 8.70.